The fourth-order valence-corrected chi connectivity index (χ4v) is 5.28. The third-order valence-electron chi connectivity index (χ3n) is 5.80. The van der Waals surface area contributed by atoms with E-state index in [2.05, 4.69) is 10.2 Å². The second-order valence-corrected chi connectivity index (χ2v) is 9.81. The minimum atomic E-state index is -3.86. The Labute approximate surface area is 193 Å². The Morgan fingerprint density at radius 1 is 0.939 bits per heavy atom. The first-order chi connectivity index (χ1) is 15.9. The molecule has 1 fully saturated rings. The van der Waals surface area contributed by atoms with Crippen molar-refractivity contribution < 1.29 is 17.6 Å². The standard InChI is InChI=1S/C25H26FN3O3S/c1-2-19-8-10-20(11-9-19)27-25(30)23-18-22(12-13-24(23)26)33(31,32)29-16-14-28(15-17-29)21-6-4-3-5-7-21/h3-13,18H,2,14-17H2,1H3,(H,27,30). The second kappa shape index (κ2) is 9.72. The number of carbonyl (C=O) groups is 1. The van der Waals surface area contributed by atoms with Crippen LogP contribution >= 0.6 is 0 Å². The Bertz CT molecular complexity index is 1220. The van der Waals surface area contributed by atoms with Crippen molar-refractivity contribution in [3.8, 4) is 0 Å². The van der Waals surface area contributed by atoms with Crippen LogP contribution in [0.1, 0.15) is 22.8 Å². The van der Waals surface area contributed by atoms with Crippen LogP contribution in [-0.2, 0) is 16.4 Å². The summed E-state index contributed by atoms with van der Waals surface area (Å²) in [5, 5.41) is 2.64. The fourth-order valence-electron chi connectivity index (χ4n) is 3.84. The monoisotopic (exact) mass is 467 g/mol. The second-order valence-electron chi connectivity index (χ2n) is 7.87. The van der Waals surface area contributed by atoms with Crippen molar-refractivity contribution in [1.82, 2.24) is 4.31 Å². The van der Waals surface area contributed by atoms with Crippen LogP contribution < -0.4 is 10.2 Å². The number of hydrogen-bond acceptors (Lipinski definition) is 4. The molecule has 0 bridgehead atoms. The molecule has 0 unspecified atom stereocenters. The molecule has 0 aliphatic carbocycles. The largest absolute Gasteiger partial charge is 0.369 e. The van der Waals surface area contributed by atoms with Gasteiger partial charge < -0.3 is 10.2 Å². The van der Waals surface area contributed by atoms with Gasteiger partial charge in [-0.15, -0.1) is 0 Å². The Morgan fingerprint density at radius 3 is 2.24 bits per heavy atom. The van der Waals surface area contributed by atoms with Gasteiger partial charge in [-0.05, 0) is 54.4 Å². The van der Waals surface area contributed by atoms with Crippen molar-refractivity contribution in [3.05, 3.63) is 89.7 Å². The van der Waals surface area contributed by atoms with E-state index in [4.69, 9.17) is 0 Å². The summed E-state index contributed by atoms with van der Waals surface area (Å²) >= 11 is 0. The van der Waals surface area contributed by atoms with Crippen LogP contribution in [0.25, 0.3) is 0 Å². The number of anilines is 2. The molecule has 0 aromatic heterocycles. The highest BCUT2D eigenvalue weighted by atomic mass is 32.2. The van der Waals surface area contributed by atoms with Gasteiger partial charge in [-0.2, -0.15) is 4.31 Å². The van der Waals surface area contributed by atoms with Gasteiger partial charge in [0.05, 0.1) is 10.5 Å². The number of nitrogens with zero attached hydrogens (tertiary/aromatic N) is 2. The van der Waals surface area contributed by atoms with Gasteiger partial charge in [-0.25, -0.2) is 12.8 Å². The highest BCUT2D eigenvalue weighted by molar-refractivity contribution is 7.89. The van der Waals surface area contributed by atoms with Crippen LogP contribution in [0.5, 0.6) is 0 Å². The van der Waals surface area contributed by atoms with Crippen molar-refractivity contribution in [3.63, 3.8) is 0 Å². The molecule has 3 aromatic rings. The van der Waals surface area contributed by atoms with E-state index in [-0.39, 0.29) is 10.5 Å². The van der Waals surface area contributed by atoms with E-state index in [0.29, 0.717) is 31.9 Å². The summed E-state index contributed by atoms with van der Waals surface area (Å²) in [6.07, 6.45) is 0.863. The van der Waals surface area contributed by atoms with Crippen LogP contribution in [0, 0.1) is 5.82 Å². The van der Waals surface area contributed by atoms with Gasteiger partial charge in [-0.3, -0.25) is 4.79 Å². The van der Waals surface area contributed by atoms with Crippen LogP contribution in [0.15, 0.2) is 77.7 Å². The molecule has 0 saturated carbocycles. The highest BCUT2D eigenvalue weighted by Gasteiger charge is 2.29. The minimum absolute atomic E-state index is 0.0939. The molecule has 1 amide bonds. The molecule has 1 N–H and O–H groups in total. The normalized spacial score (nSPS) is 14.8. The first-order valence-corrected chi connectivity index (χ1v) is 12.3. The molecule has 8 heteroatoms. The number of nitrogens with one attached hydrogen (secondary N) is 1. The number of para-hydroxylation sites is 1. The topological polar surface area (TPSA) is 69.7 Å². The molecule has 1 saturated heterocycles. The summed E-state index contributed by atoms with van der Waals surface area (Å²) in [4.78, 5) is 14.7. The third kappa shape index (κ3) is 5.07. The van der Waals surface area contributed by atoms with Crippen molar-refractivity contribution in [2.45, 2.75) is 18.2 Å². The van der Waals surface area contributed by atoms with Crippen LogP contribution in [-0.4, -0.2) is 44.8 Å². The van der Waals surface area contributed by atoms with Gasteiger partial charge >= 0.3 is 0 Å². The Kier molecular flexibility index (Phi) is 6.76. The zero-order chi connectivity index (χ0) is 23.4. The number of rotatable bonds is 6. The van der Waals surface area contributed by atoms with E-state index >= 15 is 0 Å². The lowest BCUT2D eigenvalue weighted by Crippen LogP contribution is -2.48. The number of amides is 1. The quantitative estimate of drug-likeness (QED) is 0.591. The number of carbonyl (C=O) groups excluding carboxylic acids is 1. The van der Waals surface area contributed by atoms with E-state index in [1.807, 2.05) is 49.4 Å². The number of benzene rings is 3. The fraction of sp³-hybridized carbons (Fsp3) is 0.240. The summed E-state index contributed by atoms with van der Waals surface area (Å²) in [6, 6.07) is 20.4. The van der Waals surface area contributed by atoms with Crippen LogP contribution in [0.2, 0.25) is 0 Å². The van der Waals surface area contributed by atoms with Gasteiger partial charge in [0, 0.05) is 37.6 Å². The third-order valence-corrected chi connectivity index (χ3v) is 7.69. The average Bonchev–Trinajstić information content (AvgIpc) is 2.85. The SMILES string of the molecule is CCc1ccc(NC(=O)c2cc(S(=O)(=O)N3CCN(c4ccccc4)CC3)ccc2F)cc1. The summed E-state index contributed by atoms with van der Waals surface area (Å²) in [7, 11) is -3.86. The number of piperazine rings is 1. The van der Waals surface area contributed by atoms with E-state index in [9.17, 15) is 17.6 Å². The smallest absolute Gasteiger partial charge is 0.258 e. The maximum absolute atomic E-state index is 14.4. The zero-order valence-corrected chi connectivity index (χ0v) is 19.2. The Morgan fingerprint density at radius 2 is 1.61 bits per heavy atom. The van der Waals surface area contributed by atoms with E-state index in [0.717, 1.165) is 29.8 Å². The minimum Gasteiger partial charge on any atom is -0.369 e. The van der Waals surface area contributed by atoms with Crippen LogP contribution in [0.3, 0.4) is 0 Å². The first kappa shape index (κ1) is 22.9. The van der Waals surface area contributed by atoms with Crippen molar-refractivity contribution in [2.24, 2.45) is 0 Å². The van der Waals surface area contributed by atoms with E-state index < -0.39 is 21.7 Å². The summed E-state index contributed by atoms with van der Waals surface area (Å²) in [5.41, 5.74) is 2.36. The summed E-state index contributed by atoms with van der Waals surface area (Å²) < 4.78 is 42.2. The van der Waals surface area contributed by atoms with E-state index in [1.54, 1.807) is 12.1 Å². The predicted molar refractivity (Wildman–Crippen MR) is 128 cm³/mol. The summed E-state index contributed by atoms with van der Waals surface area (Å²) in [6.45, 7) is 3.73. The number of hydrogen-bond donors (Lipinski definition) is 1. The maximum Gasteiger partial charge on any atom is 0.258 e. The molecule has 1 aliphatic heterocycles. The molecule has 33 heavy (non-hydrogen) atoms. The molecule has 1 aliphatic rings. The van der Waals surface area contributed by atoms with Crippen molar-refractivity contribution >= 4 is 27.3 Å². The molecule has 6 nitrogen and oxygen atoms in total. The number of halogens is 1. The lowest BCUT2D eigenvalue weighted by atomic mass is 10.1. The van der Waals surface area contributed by atoms with Crippen molar-refractivity contribution in [1.29, 1.82) is 0 Å². The van der Waals surface area contributed by atoms with Gasteiger partial charge in [0.1, 0.15) is 5.82 Å². The predicted octanol–water partition coefficient (Wildman–Crippen LogP) is 4.15. The Hall–Kier alpha value is -3.23. The molecular weight excluding hydrogens is 441 g/mol. The molecule has 0 spiro atoms. The Balaban J connectivity index is 1.49. The molecule has 3 aromatic carbocycles. The number of aryl methyl sites for hydroxylation is 1. The average molecular weight is 468 g/mol. The van der Waals surface area contributed by atoms with Crippen molar-refractivity contribution in [2.75, 3.05) is 36.4 Å². The number of sulfonamides is 1. The summed E-state index contributed by atoms with van der Waals surface area (Å²) in [5.74, 6) is -1.46. The molecule has 0 atom stereocenters. The molecule has 4 rings (SSSR count). The molecular formula is C25H26FN3O3S. The molecule has 0 radical (unpaired) electrons. The van der Waals surface area contributed by atoms with Gasteiger partial charge in [0.2, 0.25) is 10.0 Å². The maximum atomic E-state index is 14.4. The molecule has 172 valence electrons. The highest BCUT2D eigenvalue weighted by Crippen LogP contribution is 2.23. The van der Waals surface area contributed by atoms with Gasteiger partial charge in [0.25, 0.3) is 5.91 Å². The van der Waals surface area contributed by atoms with Crippen LogP contribution in [0.4, 0.5) is 15.8 Å². The lowest BCUT2D eigenvalue weighted by molar-refractivity contribution is 0.102. The van der Waals surface area contributed by atoms with E-state index in [1.165, 1.54) is 10.4 Å². The first-order valence-electron chi connectivity index (χ1n) is 10.9. The lowest BCUT2D eigenvalue weighted by Gasteiger charge is -2.35. The molecule has 1 heterocycles. The van der Waals surface area contributed by atoms with Gasteiger partial charge in [0.15, 0.2) is 0 Å². The van der Waals surface area contributed by atoms with Gasteiger partial charge in [-0.1, -0.05) is 37.3 Å². The zero-order valence-electron chi connectivity index (χ0n) is 18.4.